The highest BCUT2D eigenvalue weighted by atomic mass is 16.2. The molecule has 1 saturated carbocycles. The Morgan fingerprint density at radius 2 is 2.29 bits per heavy atom. The summed E-state index contributed by atoms with van der Waals surface area (Å²) in [7, 11) is 0. The van der Waals surface area contributed by atoms with Crippen molar-refractivity contribution >= 4 is 5.91 Å². The fourth-order valence-electron chi connectivity index (χ4n) is 2.49. The molecule has 1 fully saturated rings. The van der Waals surface area contributed by atoms with Gasteiger partial charge in [0.2, 0.25) is 5.91 Å². The van der Waals surface area contributed by atoms with Gasteiger partial charge in [-0.1, -0.05) is 19.8 Å². The molecule has 0 bridgehead atoms. The monoisotopic (exact) mass is 235 g/mol. The van der Waals surface area contributed by atoms with Gasteiger partial charge in [0.25, 0.3) is 0 Å². The molecule has 0 radical (unpaired) electrons. The van der Waals surface area contributed by atoms with Gasteiger partial charge in [-0.15, -0.1) is 0 Å². The third-order valence-electron chi connectivity index (χ3n) is 3.69. The molecule has 1 heterocycles. The lowest BCUT2D eigenvalue weighted by molar-refractivity contribution is -0.129. The van der Waals surface area contributed by atoms with Crippen molar-refractivity contribution in [3.63, 3.8) is 0 Å². The SMILES string of the molecule is CC1(C(=O)NCCCc2ncc[nH]2)CCCC1. The zero-order chi connectivity index (χ0) is 12.1. The molecule has 0 atom stereocenters. The van der Waals surface area contributed by atoms with Gasteiger partial charge in [-0.2, -0.15) is 0 Å². The Morgan fingerprint density at radius 3 is 2.94 bits per heavy atom. The van der Waals surface area contributed by atoms with Crippen molar-refractivity contribution in [2.45, 2.75) is 45.4 Å². The van der Waals surface area contributed by atoms with Gasteiger partial charge in [-0.05, 0) is 19.3 Å². The number of carbonyl (C=O) groups excluding carboxylic acids is 1. The van der Waals surface area contributed by atoms with Crippen molar-refractivity contribution in [2.75, 3.05) is 6.54 Å². The second-order valence-electron chi connectivity index (χ2n) is 5.16. The van der Waals surface area contributed by atoms with E-state index in [1.807, 2.05) is 6.20 Å². The Balaban J connectivity index is 1.66. The Hall–Kier alpha value is -1.32. The minimum absolute atomic E-state index is 0.106. The largest absolute Gasteiger partial charge is 0.356 e. The van der Waals surface area contributed by atoms with E-state index in [-0.39, 0.29) is 11.3 Å². The summed E-state index contributed by atoms with van der Waals surface area (Å²) in [6.07, 6.45) is 9.88. The highest BCUT2D eigenvalue weighted by Gasteiger charge is 2.35. The number of aromatic nitrogens is 2. The number of rotatable bonds is 5. The quantitative estimate of drug-likeness (QED) is 0.767. The summed E-state index contributed by atoms with van der Waals surface area (Å²) in [5, 5.41) is 3.05. The van der Waals surface area contributed by atoms with E-state index in [9.17, 15) is 4.79 Å². The van der Waals surface area contributed by atoms with E-state index >= 15 is 0 Å². The predicted molar refractivity (Wildman–Crippen MR) is 66.5 cm³/mol. The maximum atomic E-state index is 12.0. The maximum Gasteiger partial charge on any atom is 0.225 e. The summed E-state index contributed by atoms with van der Waals surface area (Å²) in [5.41, 5.74) is -0.106. The summed E-state index contributed by atoms with van der Waals surface area (Å²) in [4.78, 5) is 19.2. The smallest absolute Gasteiger partial charge is 0.225 e. The third kappa shape index (κ3) is 3.08. The Kier molecular flexibility index (Phi) is 3.82. The van der Waals surface area contributed by atoms with Crippen LogP contribution in [0.1, 0.15) is 44.9 Å². The summed E-state index contributed by atoms with van der Waals surface area (Å²) >= 11 is 0. The van der Waals surface area contributed by atoms with E-state index < -0.39 is 0 Å². The van der Waals surface area contributed by atoms with Crippen LogP contribution in [-0.4, -0.2) is 22.4 Å². The van der Waals surface area contributed by atoms with Gasteiger partial charge in [0.1, 0.15) is 5.82 Å². The lowest BCUT2D eigenvalue weighted by Gasteiger charge is -2.22. The van der Waals surface area contributed by atoms with Crippen LogP contribution in [-0.2, 0) is 11.2 Å². The molecule has 0 aliphatic heterocycles. The standard InChI is InChI=1S/C13H21N3O/c1-13(6-2-3-7-13)12(17)16-8-4-5-11-14-9-10-15-11/h9-10H,2-8H2,1H3,(H,14,15)(H,16,17). The average molecular weight is 235 g/mol. The molecule has 17 heavy (non-hydrogen) atoms. The van der Waals surface area contributed by atoms with E-state index in [0.29, 0.717) is 0 Å². The van der Waals surface area contributed by atoms with Crippen LogP contribution in [0.4, 0.5) is 0 Å². The molecule has 4 nitrogen and oxygen atoms in total. The molecule has 0 unspecified atom stereocenters. The first-order chi connectivity index (χ1) is 8.21. The topological polar surface area (TPSA) is 57.8 Å². The normalized spacial score (nSPS) is 18.2. The van der Waals surface area contributed by atoms with E-state index in [1.54, 1.807) is 6.20 Å². The zero-order valence-electron chi connectivity index (χ0n) is 10.5. The highest BCUT2D eigenvalue weighted by molar-refractivity contribution is 5.82. The summed E-state index contributed by atoms with van der Waals surface area (Å²) in [6.45, 7) is 2.83. The van der Waals surface area contributed by atoms with E-state index in [4.69, 9.17) is 0 Å². The van der Waals surface area contributed by atoms with Crippen LogP contribution >= 0.6 is 0 Å². The average Bonchev–Trinajstić information content (AvgIpc) is 2.96. The molecule has 1 amide bonds. The second kappa shape index (κ2) is 5.34. The number of H-pyrrole nitrogens is 1. The molecule has 2 N–H and O–H groups in total. The van der Waals surface area contributed by atoms with Crippen LogP contribution in [0.5, 0.6) is 0 Å². The Labute approximate surface area is 102 Å². The first-order valence-corrected chi connectivity index (χ1v) is 6.47. The molecule has 1 aromatic rings. The van der Waals surface area contributed by atoms with Crippen LogP contribution in [0.15, 0.2) is 12.4 Å². The molecule has 1 aliphatic carbocycles. The van der Waals surface area contributed by atoms with Crippen molar-refractivity contribution in [3.8, 4) is 0 Å². The first-order valence-electron chi connectivity index (χ1n) is 6.47. The lowest BCUT2D eigenvalue weighted by atomic mass is 9.88. The van der Waals surface area contributed by atoms with Gasteiger partial charge in [0, 0.05) is 30.8 Å². The summed E-state index contributed by atoms with van der Waals surface area (Å²) in [5.74, 6) is 1.22. The van der Waals surface area contributed by atoms with Crippen molar-refractivity contribution < 1.29 is 4.79 Å². The van der Waals surface area contributed by atoms with Crippen LogP contribution < -0.4 is 5.32 Å². The molecule has 1 aromatic heterocycles. The molecular formula is C13H21N3O. The van der Waals surface area contributed by atoms with E-state index in [1.165, 1.54) is 12.8 Å². The number of aromatic amines is 1. The Morgan fingerprint density at radius 1 is 1.53 bits per heavy atom. The molecule has 0 saturated heterocycles. The predicted octanol–water partition coefficient (Wildman–Crippen LogP) is 2.04. The van der Waals surface area contributed by atoms with Gasteiger partial charge in [0.15, 0.2) is 0 Å². The second-order valence-corrected chi connectivity index (χ2v) is 5.16. The van der Waals surface area contributed by atoms with E-state index in [0.717, 1.165) is 38.1 Å². The van der Waals surface area contributed by atoms with Gasteiger partial charge < -0.3 is 10.3 Å². The minimum atomic E-state index is -0.106. The number of nitrogens with one attached hydrogen (secondary N) is 2. The number of imidazole rings is 1. The van der Waals surface area contributed by atoms with Crippen molar-refractivity contribution in [2.24, 2.45) is 5.41 Å². The number of aryl methyl sites for hydroxylation is 1. The number of hydrogen-bond acceptors (Lipinski definition) is 2. The molecule has 2 rings (SSSR count). The number of hydrogen-bond donors (Lipinski definition) is 2. The molecule has 94 valence electrons. The lowest BCUT2D eigenvalue weighted by Crippen LogP contribution is -2.37. The van der Waals surface area contributed by atoms with Gasteiger partial charge in [-0.3, -0.25) is 4.79 Å². The van der Waals surface area contributed by atoms with Gasteiger partial charge in [0.05, 0.1) is 0 Å². The summed E-state index contributed by atoms with van der Waals surface area (Å²) in [6, 6.07) is 0. The number of amides is 1. The van der Waals surface area contributed by atoms with Gasteiger partial charge >= 0.3 is 0 Å². The fraction of sp³-hybridized carbons (Fsp3) is 0.692. The Bertz CT molecular complexity index is 353. The third-order valence-corrected chi connectivity index (χ3v) is 3.69. The summed E-state index contributed by atoms with van der Waals surface area (Å²) < 4.78 is 0. The van der Waals surface area contributed by atoms with Crippen molar-refractivity contribution in [1.29, 1.82) is 0 Å². The first kappa shape index (κ1) is 12.1. The molecule has 1 aliphatic rings. The molecule has 0 spiro atoms. The van der Waals surface area contributed by atoms with Crippen LogP contribution in [0.2, 0.25) is 0 Å². The highest BCUT2D eigenvalue weighted by Crippen LogP contribution is 2.37. The molecule has 0 aromatic carbocycles. The zero-order valence-corrected chi connectivity index (χ0v) is 10.5. The van der Waals surface area contributed by atoms with Crippen LogP contribution in [0, 0.1) is 5.41 Å². The van der Waals surface area contributed by atoms with Crippen LogP contribution in [0.3, 0.4) is 0 Å². The molecular weight excluding hydrogens is 214 g/mol. The van der Waals surface area contributed by atoms with Crippen LogP contribution in [0.25, 0.3) is 0 Å². The number of nitrogens with zero attached hydrogens (tertiary/aromatic N) is 1. The maximum absolute atomic E-state index is 12.0. The minimum Gasteiger partial charge on any atom is -0.356 e. The number of carbonyl (C=O) groups is 1. The van der Waals surface area contributed by atoms with Gasteiger partial charge in [-0.25, -0.2) is 4.98 Å². The van der Waals surface area contributed by atoms with Crippen molar-refractivity contribution in [3.05, 3.63) is 18.2 Å². The fourth-order valence-corrected chi connectivity index (χ4v) is 2.49. The van der Waals surface area contributed by atoms with Crippen molar-refractivity contribution in [1.82, 2.24) is 15.3 Å². The molecule has 4 heteroatoms. The van der Waals surface area contributed by atoms with E-state index in [2.05, 4.69) is 22.2 Å².